The third-order valence-electron chi connectivity index (χ3n) is 3.19. The highest BCUT2D eigenvalue weighted by atomic mass is 16.6. The van der Waals surface area contributed by atoms with Gasteiger partial charge < -0.3 is 15.4 Å². The first-order valence-electron chi connectivity index (χ1n) is 6.94. The van der Waals surface area contributed by atoms with Crippen molar-refractivity contribution in [3.05, 3.63) is 22.2 Å². The molecule has 1 aromatic rings. The molecule has 0 unspecified atom stereocenters. The van der Waals surface area contributed by atoms with Crippen molar-refractivity contribution >= 4 is 17.3 Å². The summed E-state index contributed by atoms with van der Waals surface area (Å²) in [6.45, 7) is 4.21. The van der Waals surface area contributed by atoms with Crippen molar-refractivity contribution in [3.8, 4) is 0 Å². The van der Waals surface area contributed by atoms with Crippen LogP contribution in [-0.4, -0.2) is 35.7 Å². The van der Waals surface area contributed by atoms with Crippen LogP contribution >= 0.6 is 0 Å². The summed E-state index contributed by atoms with van der Waals surface area (Å²) in [5.74, 6) is 0.995. The maximum absolute atomic E-state index is 11.1. The van der Waals surface area contributed by atoms with E-state index >= 15 is 0 Å². The SMILES string of the molecule is CCCNc1ccc([N+](=O)[O-])c(NC2CCOCC2)n1. The predicted octanol–water partition coefficient (Wildman–Crippen LogP) is 2.40. The standard InChI is InChI=1S/C13H20N4O3/c1-2-7-14-12-4-3-11(17(18)19)13(16-12)15-10-5-8-20-9-6-10/h3-4,10H,2,5-9H2,1H3,(H2,14,15,16). The summed E-state index contributed by atoms with van der Waals surface area (Å²) in [6.07, 6.45) is 2.65. The average Bonchev–Trinajstić information content (AvgIpc) is 2.46. The van der Waals surface area contributed by atoms with E-state index < -0.39 is 4.92 Å². The van der Waals surface area contributed by atoms with Crippen LogP contribution in [0.2, 0.25) is 0 Å². The molecule has 0 aromatic carbocycles. The smallest absolute Gasteiger partial charge is 0.311 e. The number of nitrogens with zero attached hydrogens (tertiary/aromatic N) is 2. The normalized spacial score (nSPS) is 15.8. The minimum absolute atomic E-state index is 0.0125. The van der Waals surface area contributed by atoms with E-state index in [4.69, 9.17) is 4.74 Å². The number of rotatable bonds is 6. The molecule has 7 nitrogen and oxygen atoms in total. The molecule has 1 aliphatic heterocycles. The Labute approximate surface area is 117 Å². The van der Waals surface area contributed by atoms with Gasteiger partial charge in [0, 0.05) is 31.9 Å². The van der Waals surface area contributed by atoms with Crippen molar-refractivity contribution in [1.29, 1.82) is 0 Å². The molecular formula is C13H20N4O3. The molecule has 0 bridgehead atoms. The monoisotopic (exact) mass is 280 g/mol. The number of ether oxygens (including phenoxy) is 1. The van der Waals surface area contributed by atoms with E-state index in [1.54, 1.807) is 6.07 Å². The molecule has 1 fully saturated rings. The number of nitro groups is 1. The molecule has 0 amide bonds. The molecule has 20 heavy (non-hydrogen) atoms. The van der Waals surface area contributed by atoms with E-state index in [0.717, 1.165) is 25.8 Å². The van der Waals surface area contributed by atoms with Gasteiger partial charge in [-0.1, -0.05) is 6.92 Å². The lowest BCUT2D eigenvalue weighted by atomic mass is 10.1. The zero-order chi connectivity index (χ0) is 14.4. The Hall–Kier alpha value is -1.89. The Morgan fingerprint density at radius 1 is 1.45 bits per heavy atom. The predicted molar refractivity (Wildman–Crippen MR) is 77.1 cm³/mol. The minimum Gasteiger partial charge on any atom is -0.381 e. The van der Waals surface area contributed by atoms with Crippen LogP contribution in [0, 0.1) is 10.1 Å². The Morgan fingerprint density at radius 3 is 2.85 bits per heavy atom. The number of nitrogens with one attached hydrogen (secondary N) is 2. The molecule has 2 N–H and O–H groups in total. The van der Waals surface area contributed by atoms with Crippen LogP contribution in [0.1, 0.15) is 26.2 Å². The second-order valence-corrected chi connectivity index (χ2v) is 4.78. The fourth-order valence-corrected chi connectivity index (χ4v) is 2.09. The van der Waals surface area contributed by atoms with E-state index in [1.165, 1.54) is 6.07 Å². The van der Waals surface area contributed by atoms with Gasteiger partial charge in [0.05, 0.1) is 4.92 Å². The van der Waals surface area contributed by atoms with Crippen LogP contribution in [0.4, 0.5) is 17.3 Å². The van der Waals surface area contributed by atoms with Gasteiger partial charge in [-0.3, -0.25) is 10.1 Å². The molecule has 0 saturated carbocycles. The molecule has 0 spiro atoms. The molecular weight excluding hydrogens is 260 g/mol. The summed E-state index contributed by atoms with van der Waals surface area (Å²) in [5.41, 5.74) is 0.0125. The lowest BCUT2D eigenvalue weighted by Crippen LogP contribution is -2.28. The lowest BCUT2D eigenvalue weighted by Gasteiger charge is -2.23. The molecule has 0 atom stereocenters. The molecule has 2 heterocycles. The topological polar surface area (TPSA) is 89.3 Å². The maximum atomic E-state index is 11.1. The molecule has 110 valence electrons. The molecule has 7 heteroatoms. The van der Waals surface area contributed by atoms with Crippen molar-refractivity contribution in [2.75, 3.05) is 30.4 Å². The van der Waals surface area contributed by atoms with Crippen molar-refractivity contribution in [1.82, 2.24) is 4.98 Å². The van der Waals surface area contributed by atoms with Gasteiger partial charge in [-0.2, -0.15) is 0 Å². The summed E-state index contributed by atoms with van der Waals surface area (Å²) < 4.78 is 5.29. The van der Waals surface area contributed by atoms with Crippen molar-refractivity contribution in [3.63, 3.8) is 0 Å². The van der Waals surface area contributed by atoms with Crippen molar-refractivity contribution in [2.45, 2.75) is 32.2 Å². The first-order chi connectivity index (χ1) is 9.70. The molecule has 2 rings (SSSR count). The number of hydrogen-bond acceptors (Lipinski definition) is 6. The Bertz CT molecular complexity index is 461. The van der Waals surface area contributed by atoms with Gasteiger partial charge in [-0.05, 0) is 25.3 Å². The van der Waals surface area contributed by atoms with Crippen LogP contribution in [0.5, 0.6) is 0 Å². The maximum Gasteiger partial charge on any atom is 0.311 e. The second-order valence-electron chi connectivity index (χ2n) is 4.78. The highest BCUT2D eigenvalue weighted by Crippen LogP contribution is 2.26. The zero-order valence-electron chi connectivity index (χ0n) is 11.6. The van der Waals surface area contributed by atoms with Gasteiger partial charge in [0.1, 0.15) is 5.82 Å². The van der Waals surface area contributed by atoms with Crippen LogP contribution in [-0.2, 0) is 4.74 Å². The fourth-order valence-electron chi connectivity index (χ4n) is 2.09. The van der Waals surface area contributed by atoms with Crippen molar-refractivity contribution < 1.29 is 9.66 Å². The van der Waals surface area contributed by atoms with Crippen molar-refractivity contribution in [2.24, 2.45) is 0 Å². The number of aromatic nitrogens is 1. The van der Waals surface area contributed by atoms with Gasteiger partial charge in [0.2, 0.25) is 5.82 Å². The Kier molecular flexibility index (Phi) is 5.11. The average molecular weight is 280 g/mol. The van der Waals surface area contributed by atoms with Crippen LogP contribution in [0.25, 0.3) is 0 Å². The van der Waals surface area contributed by atoms with Gasteiger partial charge in [0.25, 0.3) is 0 Å². The Balaban J connectivity index is 2.14. The van der Waals surface area contributed by atoms with Gasteiger partial charge in [0.15, 0.2) is 0 Å². The van der Waals surface area contributed by atoms with Gasteiger partial charge in [-0.25, -0.2) is 4.98 Å². The molecule has 1 saturated heterocycles. The third-order valence-corrected chi connectivity index (χ3v) is 3.19. The second kappa shape index (κ2) is 7.04. The molecule has 1 aliphatic rings. The summed E-state index contributed by atoms with van der Waals surface area (Å²) in [7, 11) is 0. The summed E-state index contributed by atoms with van der Waals surface area (Å²) in [5, 5.41) is 17.4. The molecule has 0 radical (unpaired) electrons. The largest absolute Gasteiger partial charge is 0.381 e. The highest BCUT2D eigenvalue weighted by Gasteiger charge is 2.21. The van der Waals surface area contributed by atoms with E-state index in [2.05, 4.69) is 22.5 Å². The van der Waals surface area contributed by atoms with Crippen LogP contribution < -0.4 is 10.6 Å². The first-order valence-corrected chi connectivity index (χ1v) is 6.94. The summed E-state index contributed by atoms with van der Waals surface area (Å²) in [4.78, 5) is 15.0. The Morgan fingerprint density at radius 2 is 2.20 bits per heavy atom. The zero-order valence-corrected chi connectivity index (χ0v) is 11.6. The summed E-state index contributed by atoms with van der Waals surface area (Å²) in [6, 6.07) is 3.31. The van der Waals surface area contributed by atoms with E-state index in [9.17, 15) is 10.1 Å². The molecule has 0 aliphatic carbocycles. The van der Waals surface area contributed by atoms with E-state index in [1.807, 2.05) is 0 Å². The third kappa shape index (κ3) is 3.80. The number of hydrogen-bond donors (Lipinski definition) is 2. The molecule has 1 aromatic heterocycles. The number of pyridine rings is 1. The number of anilines is 2. The fraction of sp³-hybridized carbons (Fsp3) is 0.615. The highest BCUT2D eigenvalue weighted by molar-refractivity contribution is 5.60. The minimum atomic E-state index is -0.405. The first kappa shape index (κ1) is 14.5. The van der Waals surface area contributed by atoms with Gasteiger partial charge >= 0.3 is 5.69 Å². The van der Waals surface area contributed by atoms with Gasteiger partial charge in [-0.15, -0.1) is 0 Å². The van der Waals surface area contributed by atoms with Crippen LogP contribution in [0.15, 0.2) is 12.1 Å². The summed E-state index contributed by atoms with van der Waals surface area (Å²) >= 11 is 0. The van der Waals surface area contributed by atoms with E-state index in [-0.39, 0.29) is 11.7 Å². The lowest BCUT2D eigenvalue weighted by molar-refractivity contribution is -0.384. The van der Waals surface area contributed by atoms with Crippen LogP contribution in [0.3, 0.4) is 0 Å². The van der Waals surface area contributed by atoms with E-state index in [0.29, 0.717) is 24.8 Å². The quantitative estimate of drug-likeness (QED) is 0.614.